The van der Waals surface area contributed by atoms with Crippen molar-refractivity contribution in [1.82, 2.24) is 5.32 Å². The van der Waals surface area contributed by atoms with E-state index >= 15 is 0 Å². The molecule has 1 aliphatic rings. The molecule has 4 heteroatoms. The summed E-state index contributed by atoms with van der Waals surface area (Å²) in [5.41, 5.74) is 0.701. The van der Waals surface area contributed by atoms with E-state index in [1.165, 1.54) is 7.11 Å². The highest BCUT2D eigenvalue weighted by atomic mass is 16.5. The molecular formula is C13H23NO3. The van der Waals surface area contributed by atoms with Gasteiger partial charge in [-0.05, 0) is 25.2 Å². The highest BCUT2D eigenvalue weighted by Gasteiger charge is 2.24. The highest BCUT2D eigenvalue weighted by molar-refractivity contribution is 5.88. The molecule has 98 valence electrons. The molecule has 1 rings (SSSR count). The molecule has 2 atom stereocenters. The highest BCUT2D eigenvalue weighted by Crippen LogP contribution is 2.24. The van der Waals surface area contributed by atoms with Crippen LogP contribution >= 0.6 is 0 Å². The fourth-order valence-corrected chi connectivity index (χ4v) is 2.22. The lowest BCUT2D eigenvalue weighted by molar-refractivity contribution is -0.136. The summed E-state index contributed by atoms with van der Waals surface area (Å²) >= 11 is 0. The third-order valence-electron chi connectivity index (χ3n) is 3.35. The van der Waals surface area contributed by atoms with Gasteiger partial charge in [-0.25, -0.2) is 4.79 Å². The van der Waals surface area contributed by atoms with Crippen molar-refractivity contribution in [2.24, 2.45) is 5.92 Å². The summed E-state index contributed by atoms with van der Waals surface area (Å²) in [6, 6.07) is 0. The molecule has 0 amide bonds. The van der Waals surface area contributed by atoms with Gasteiger partial charge in [0.15, 0.2) is 0 Å². The first-order valence-electron chi connectivity index (χ1n) is 6.35. The van der Waals surface area contributed by atoms with Crippen molar-refractivity contribution in [3.05, 3.63) is 11.6 Å². The van der Waals surface area contributed by atoms with Gasteiger partial charge in [0.25, 0.3) is 0 Å². The van der Waals surface area contributed by atoms with E-state index in [1.54, 1.807) is 0 Å². The van der Waals surface area contributed by atoms with Gasteiger partial charge in [0.05, 0.1) is 13.2 Å². The zero-order chi connectivity index (χ0) is 12.7. The number of esters is 1. The van der Waals surface area contributed by atoms with Crippen molar-refractivity contribution in [2.45, 2.75) is 38.7 Å². The molecular weight excluding hydrogens is 218 g/mol. The lowest BCUT2D eigenvalue weighted by atomic mass is 10.1. The average molecular weight is 241 g/mol. The van der Waals surface area contributed by atoms with Crippen molar-refractivity contribution in [2.75, 3.05) is 20.2 Å². The average Bonchev–Trinajstić information content (AvgIpc) is 2.74. The maximum absolute atomic E-state index is 11.3. The minimum atomic E-state index is -0.254. The van der Waals surface area contributed by atoms with E-state index in [0.717, 1.165) is 25.8 Å². The van der Waals surface area contributed by atoms with Crippen LogP contribution in [0, 0.1) is 5.92 Å². The SMILES string of the molecule is CCC(=CCNCC1CCCC1O)C(=O)OC. The van der Waals surface area contributed by atoms with Crippen molar-refractivity contribution < 1.29 is 14.6 Å². The van der Waals surface area contributed by atoms with Gasteiger partial charge in [0.1, 0.15) is 0 Å². The Bertz CT molecular complexity index is 276. The van der Waals surface area contributed by atoms with Gasteiger partial charge in [-0.1, -0.05) is 19.4 Å². The van der Waals surface area contributed by atoms with E-state index in [1.807, 2.05) is 13.0 Å². The second-order valence-corrected chi connectivity index (χ2v) is 4.49. The molecule has 2 unspecified atom stereocenters. The Morgan fingerprint density at radius 1 is 1.53 bits per heavy atom. The number of hydrogen-bond donors (Lipinski definition) is 2. The van der Waals surface area contributed by atoms with Gasteiger partial charge < -0.3 is 15.2 Å². The zero-order valence-corrected chi connectivity index (χ0v) is 10.7. The third kappa shape index (κ3) is 4.48. The number of aliphatic hydroxyl groups excluding tert-OH is 1. The first-order chi connectivity index (χ1) is 8.19. The third-order valence-corrected chi connectivity index (χ3v) is 3.35. The first kappa shape index (κ1) is 14.2. The van der Waals surface area contributed by atoms with Gasteiger partial charge in [-0.2, -0.15) is 0 Å². The zero-order valence-electron chi connectivity index (χ0n) is 10.7. The Morgan fingerprint density at radius 3 is 2.82 bits per heavy atom. The topological polar surface area (TPSA) is 58.6 Å². The molecule has 0 aliphatic heterocycles. The van der Waals surface area contributed by atoms with Crippen LogP contribution in [-0.2, 0) is 9.53 Å². The number of ether oxygens (including phenoxy) is 1. The lowest BCUT2D eigenvalue weighted by Crippen LogP contribution is -2.28. The molecule has 0 aromatic rings. The molecule has 0 bridgehead atoms. The van der Waals surface area contributed by atoms with E-state index < -0.39 is 0 Å². The van der Waals surface area contributed by atoms with Gasteiger partial charge in [-0.3, -0.25) is 0 Å². The lowest BCUT2D eigenvalue weighted by Gasteiger charge is -2.14. The van der Waals surface area contributed by atoms with Crippen LogP contribution in [0.25, 0.3) is 0 Å². The van der Waals surface area contributed by atoms with Crippen molar-refractivity contribution in [3.8, 4) is 0 Å². The van der Waals surface area contributed by atoms with E-state index in [0.29, 0.717) is 24.5 Å². The summed E-state index contributed by atoms with van der Waals surface area (Å²) in [4.78, 5) is 11.3. The molecule has 1 aliphatic carbocycles. The quantitative estimate of drug-likeness (QED) is 0.417. The molecule has 0 aromatic carbocycles. The predicted molar refractivity (Wildman–Crippen MR) is 66.6 cm³/mol. The molecule has 2 N–H and O–H groups in total. The Balaban J connectivity index is 2.25. The number of carbonyl (C=O) groups excluding carboxylic acids is 1. The van der Waals surface area contributed by atoms with Gasteiger partial charge >= 0.3 is 5.97 Å². The Morgan fingerprint density at radius 2 is 2.29 bits per heavy atom. The smallest absolute Gasteiger partial charge is 0.333 e. The van der Waals surface area contributed by atoms with Crippen LogP contribution in [0.1, 0.15) is 32.6 Å². The molecule has 0 spiro atoms. The summed E-state index contributed by atoms with van der Waals surface area (Å²) in [6.07, 6.45) is 5.53. The monoisotopic (exact) mass is 241 g/mol. The van der Waals surface area contributed by atoms with Crippen molar-refractivity contribution >= 4 is 5.97 Å². The number of hydrogen-bond acceptors (Lipinski definition) is 4. The second kappa shape index (κ2) is 7.45. The number of carbonyl (C=O) groups is 1. The van der Waals surface area contributed by atoms with E-state index in [-0.39, 0.29) is 12.1 Å². The van der Waals surface area contributed by atoms with E-state index in [9.17, 15) is 9.90 Å². The van der Waals surface area contributed by atoms with E-state index in [4.69, 9.17) is 0 Å². The van der Waals surface area contributed by atoms with Crippen LogP contribution < -0.4 is 5.32 Å². The van der Waals surface area contributed by atoms with Crippen LogP contribution in [-0.4, -0.2) is 37.4 Å². The fourth-order valence-electron chi connectivity index (χ4n) is 2.22. The molecule has 0 aromatic heterocycles. The summed E-state index contributed by atoms with van der Waals surface area (Å²) < 4.78 is 4.68. The predicted octanol–water partition coefficient (Wildman–Crippen LogP) is 1.25. The molecule has 4 nitrogen and oxygen atoms in total. The molecule has 1 fully saturated rings. The van der Waals surface area contributed by atoms with Crippen LogP contribution in [0.5, 0.6) is 0 Å². The van der Waals surface area contributed by atoms with Crippen LogP contribution in [0.4, 0.5) is 0 Å². The minimum absolute atomic E-state index is 0.155. The molecule has 0 radical (unpaired) electrons. The summed E-state index contributed by atoms with van der Waals surface area (Å²) in [6.45, 7) is 3.40. The number of rotatable bonds is 6. The Labute approximate surface area is 103 Å². The maximum atomic E-state index is 11.3. The van der Waals surface area contributed by atoms with Crippen LogP contribution in [0.15, 0.2) is 11.6 Å². The fraction of sp³-hybridized carbons (Fsp3) is 0.769. The molecule has 17 heavy (non-hydrogen) atoms. The summed E-state index contributed by atoms with van der Waals surface area (Å²) in [5, 5.41) is 12.9. The largest absolute Gasteiger partial charge is 0.466 e. The summed E-state index contributed by atoms with van der Waals surface area (Å²) in [7, 11) is 1.40. The Hall–Kier alpha value is -0.870. The summed E-state index contributed by atoms with van der Waals surface area (Å²) in [5.74, 6) is 0.113. The maximum Gasteiger partial charge on any atom is 0.333 e. The molecule has 0 heterocycles. The van der Waals surface area contributed by atoms with Gasteiger partial charge in [0.2, 0.25) is 0 Å². The minimum Gasteiger partial charge on any atom is -0.466 e. The van der Waals surface area contributed by atoms with Crippen LogP contribution in [0.3, 0.4) is 0 Å². The number of methoxy groups -OCH3 is 1. The van der Waals surface area contributed by atoms with Gasteiger partial charge in [0, 0.05) is 18.7 Å². The van der Waals surface area contributed by atoms with Crippen molar-refractivity contribution in [1.29, 1.82) is 0 Å². The molecule has 1 saturated carbocycles. The molecule has 0 saturated heterocycles. The second-order valence-electron chi connectivity index (χ2n) is 4.49. The number of aliphatic hydroxyl groups is 1. The standard InChI is InChI=1S/C13H23NO3/c1-3-10(13(16)17-2)7-8-14-9-11-5-4-6-12(11)15/h7,11-12,14-15H,3-6,8-9H2,1-2H3. The van der Waals surface area contributed by atoms with Crippen molar-refractivity contribution in [3.63, 3.8) is 0 Å². The normalized spacial score (nSPS) is 25.0. The van der Waals surface area contributed by atoms with Gasteiger partial charge in [-0.15, -0.1) is 0 Å². The van der Waals surface area contributed by atoms with E-state index in [2.05, 4.69) is 10.1 Å². The van der Waals surface area contributed by atoms with Crippen LogP contribution in [0.2, 0.25) is 0 Å². The first-order valence-corrected chi connectivity index (χ1v) is 6.35. The number of nitrogens with one attached hydrogen (secondary N) is 1. The Kier molecular flexibility index (Phi) is 6.22.